The lowest BCUT2D eigenvalue weighted by molar-refractivity contribution is -0.147. The number of ether oxygens (including phenoxy) is 1. The van der Waals surface area contributed by atoms with Gasteiger partial charge in [-0.25, -0.2) is 4.79 Å². The van der Waals surface area contributed by atoms with Gasteiger partial charge in [-0.1, -0.05) is 6.07 Å². The fraction of sp³-hybridized carbons (Fsp3) is 0.286. The van der Waals surface area contributed by atoms with Crippen molar-refractivity contribution in [2.24, 2.45) is 0 Å². The maximum Gasteiger partial charge on any atom is 0.328 e. The molecule has 21 heavy (non-hydrogen) atoms. The van der Waals surface area contributed by atoms with E-state index in [0.29, 0.717) is 23.2 Å². The lowest BCUT2D eigenvalue weighted by Gasteiger charge is -2.32. The van der Waals surface area contributed by atoms with Gasteiger partial charge in [0.15, 0.2) is 6.04 Å². The Balaban J connectivity index is 2.01. The van der Waals surface area contributed by atoms with Crippen LogP contribution in [0.5, 0.6) is 0 Å². The number of hydrogen-bond donors (Lipinski definition) is 1. The summed E-state index contributed by atoms with van der Waals surface area (Å²) in [4.78, 5) is 33.6. The van der Waals surface area contributed by atoms with Crippen molar-refractivity contribution in [1.29, 1.82) is 0 Å². The van der Waals surface area contributed by atoms with Crippen LogP contribution in [0.15, 0.2) is 30.6 Å². The first-order valence-corrected chi connectivity index (χ1v) is 6.50. The van der Waals surface area contributed by atoms with Crippen molar-refractivity contribution in [3.63, 3.8) is 0 Å². The molecular weight excluding hydrogens is 274 g/mol. The Kier molecular flexibility index (Phi) is 3.49. The summed E-state index contributed by atoms with van der Waals surface area (Å²) >= 11 is 0. The second-order valence-electron chi connectivity index (χ2n) is 4.66. The lowest BCUT2D eigenvalue weighted by atomic mass is 10.1. The van der Waals surface area contributed by atoms with Crippen molar-refractivity contribution in [3.8, 4) is 0 Å². The highest BCUT2D eigenvalue weighted by molar-refractivity contribution is 6.05. The molecule has 2 heterocycles. The van der Waals surface area contributed by atoms with Gasteiger partial charge in [-0.2, -0.15) is 0 Å². The Morgan fingerprint density at radius 3 is 2.90 bits per heavy atom. The van der Waals surface area contributed by atoms with E-state index in [-0.39, 0.29) is 19.1 Å². The summed E-state index contributed by atoms with van der Waals surface area (Å²) in [5.41, 5.74) is 1.43. The molecule has 3 rings (SSSR count). The van der Waals surface area contributed by atoms with Gasteiger partial charge in [0.2, 0.25) is 0 Å². The number of hydrogen-bond acceptors (Lipinski definition) is 5. The van der Waals surface area contributed by atoms with Crippen molar-refractivity contribution in [2.45, 2.75) is 6.04 Å². The average molecular weight is 287 g/mol. The average Bonchev–Trinajstić information content (AvgIpc) is 2.53. The minimum absolute atomic E-state index is 0.00246. The van der Waals surface area contributed by atoms with E-state index >= 15 is 0 Å². The predicted octanol–water partition coefficient (Wildman–Crippen LogP) is 0.555. The van der Waals surface area contributed by atoms with Crippen LogP contribution >= 0.6 is 0 Å². The quantitative estimate of drug-likeness (QED) is 0.867. The fourth-order valence-electron chi connectivity index (χ4n) is 2.37. The van der Waals surface area contributed by atoms with Gasteiger partial charge in [0.05, 0.1) is 24.3 Å². The number of aliphatic carboxylic acids is 1. The Morgan fingerprint density at radius 2 is 2.10 bits per heavy atom. The molecule has 0 radical (unpaired) electrons. The Bertz CT molecular complexity index is 698. The number of fused-ring (bicyclic) bond motifs is 1. The summed E-state index contributed by atoms with van der Waals surface area (Å²) in [6.45, 7) is 0.565. The molecular formula is C14H13N3O4. The van der Waals surface area contributed by atoms with E-state index in [2.05, 4.69) is 9.97 Å². The molecule has 1 atom stereocenters. The van der Waals surface area contributed by atoms with Crippen LogP contribution in [-0.4, -0.2) is 57.7 Å². The molecule has 0 bridgehead atoms. The monoisotopic (exact) mass is 287 g/mol. The molecule has 1 amide bonds. The van der Waals surface area contributed by atoms with Crippen molar-refractivity contribution in [1.82, 2.24) is 14.9 Å². The molecule has 1 aliphatic rings. The standard InChI is InChI=1S/C14H13N3O4/c18-13(17-6-7-21-8-11(17)14(19)20)9-2-1-3-10-12(9)16-5-4-15-10/h1-5,11H,6-8H2,(H,19,20). The molecule has 1 unspecified atom stereocenters. The summed E-state index contributed by atoms with van der Waals surface area (Å²) in [6, 6.07) is 4.12. The highest BCUT2D eigenvalue weighted by Crippen LogP contribution is 2.18. The Hall–Kier alpha value is -2.54. The van der Waals surface area contributed by atoms with Crippen LogP contribution < -0.4 is 0 Å². The normalized spacial score (nSPS) is 18.7. The number of benzene rings is 1. The molecule has 108 valence electrons. The maximum atomic E-state index is 12.7. The van der Waals surface area contributed by atoms with Gasteiger partial charge in [-0.15, -0.1) is 0 Å². The number of carbonyl (C=O) groups excluding carboxylic acids is 1. The third kappa shape index (κ3) is 2.43. The zero-order valence-electron chi connectivity index (χ0n) is 11.1. The van der Waals surface area contributed by atoms with E-state index in [1.165, 1.54) is 11.1 Å². The Labute approximate surface area is 120 Å². The van der Waals surface area contributed by atoms with Gasteiger partial charge < -0.3 is 14.7 Å². The molecule has 0 saturated carbocycles. The molecule has 1 fully saturated rings. The molecule has 1 saturated heterocycles. The third-order valence-electron chi connectivity index (χ3n) is 3.40. The number of para-hydroxylation sites is 1. The highest BCUT2D eigenvalue weighted by atomic mass is 16.5. The molecule has 0 spiro atoms. The molecule has 1 aromatic heterocycles. The van der Waals surface area contributed by atoms with Gasteiger partial charge in [0.25, 0.3) is 5.91 Å². The number of carboxylic acids is 1. The van der Waals surface area contributed by atoms with E-state index in [9.17, 15) is 14.7 Å². The SMILES string of the molecule is O=C(O)C1COCCN1C(=O)c1cccc2nccnc12. The van der Waals surface area contributed by atoms with Crippen LogP contribution in [0.1, 0.15) is 10.4 Å². The van der Waals surface area contributed by atoms with E-state index in [1.807, 2.05) is 0 Å². The smallest absolute Gasteiger partial charge is 0.328 e. The van der Waals surface area contributed by atoms with Crippen molar-refractivity contribution < 1.29 is 19.4 Å². The molecule has 7 heteroatoms. The maximum absolute atomic E-state index is 12.7. The minimum atomic E-state index is -1.07. The largest absolute Gasteiger partial charge is 0.480 e. The van der Waals surface area contributed by atoms with Crippen molar-refractivity contribution in [3.05, 3.63) is 36.2 Å². The predicted molar refractivity (Wildman–Crippen MR) is 72.8 cm³/mol. The first-order chi connectivity index (χ1) is 10.2. The summed E-state index contributed by atoms with van der Waals surface area (Å²) < 4.78 is 5.14. The topological polar surface area (TPSA) is 92.6 Å². The van der Waals surface area contributed by atoms with Crippen LogP contribution in [0, 0.1) is 0 Å². The van der Waals surface area contributed by atoms with Crippen LogP contribution in [0.3, 0.4) is 0 Å². The molecule has 2 aromatic rings. The second kappa shape index (κ2) is 5.45. The first kappa shape index (κ1) is 13.4. The highest BCUT2D eigenvalue weighted by Gasteiger charge is 2.33. The fourth-order valence-corrected chi connectivity index (χ4v) is 2.37. The second-order valence-corrected chi connectivity index (χ2v) is 4.66. The summed E-state index contributed by atoms with van der Waals surface area (Å²) in [6.07, 6.45) is 3.05. The van der Waals surface area contributed by atoms with Crippen LogP contribution in [0.4, 0.5) is 0 Å². The molecule has 1 aliphatic heterocycles. The number of nitrogens with zero attached hydrogens (tertiary/aromatic N) is 3. The van der Waals surface area contributed by atoms with Gasteiger partial charge in [-0.3, -0.25) is 14.8 Å². The number of carboxylic acid groups (broad SMARTS) is 1. The number of amides is 1. The number of carbonyl (C=O) groups is 2. The molecule has 1 N–H and O–H groups in total. The molecule has 1 aromatic carbocycles. The third-order valence-corrected chi connectivity index (χ3v) is 3.40. The van der Waals surface area contributed by atoms with Crippen molar-refractivity contribution in [2.75, 3.05) is 19.8 Å². The van der Waals surface area contributed by atoms with Gasteiger partial charge >= 0.3 is 5.97 Å². The first-order valence-electron chi connectivity index (χ1n) is 6.50. The number of aromatic nitrogens is 2. The molecule has 0 aliphatic carbocycles. The van der Waals surface area contributed by atoms with E-state index in [4.69, 9.17) is 4.74 Å². The number of rotatable bonds is 2. The van der Waals surface area contributed by atoms with Crippen molar-refractivity contribution >= 4 is 22.9 Å². The Morgan fingerprint density at radius 1 is 1.29 bits per heavy atom. The van der Waals surface area contributed by atoms with Gasteiger partial charge in [0.1, 0.15) is 5.52 Å². The van der Waals surface area contributed by atoms with Crippen LogP contribution in [-0.2, 0) is 9.53 Å². The van der Waals surface area contributed by atoms with Gasteiger partial charge in [0, 0.05) is 18.9 Å². The summed E-state index contributed by atoms with van der Waals surface area (Å²) in [5, 5.41) is 9.22. The van der Waals surface area contributed by atoms with Crippen LogP contribution in [0.2, 0.25) is 0 Å². The zero-order valence-corrected chi connectivity index (χ0v) is 11.1. The zero-order chi connectivity index (χ0) is 14.8. The van der Waals surface area contributed by atoms with E-state index < -0.39 is 12.0 Å². The lowest BCUT2D eigenvalue weighted by Crippen LogP contribution is -2.52. The summed E-state index contributed by atoms with van der Waals surface area (Å²) in [7, 11) is 0. The minimum Gasteiger partial charge on any atom is -0.480 e. The van der Waals surface area contributed by atoms with E-state index in [1.54, 1.807) is 24.4 Å². The van der Waals surface area contributed by atoms with Crippen LogP contribution in [0.25, 0.3) is 11.0 Å². The molecule has 7 nitrogen and oxygen atoms in total. The van der Waals surface area contributed by atoms with Gasteiger partial charge in [-0.05, 0) is 12.1 Å². The van der Waals surface area contributed by atoms with E-state index in [0.717, 1.165) is 0 Å². The number of morpholine rings is 1. The summed E-state index contributed by atoms with van der Waals surface area (Å²) in [5.74, 6) is -1.44.